The highest BCUT2D eigenvalue weighted by atomic mass is 32.2. The van der Waals surface area contributed by atoms with Gasteiger partial charge in [0.2, 0.25) is 0 Å². The molecule has 0 aliphatic rings. The average molecular weight is 293 g/mol. The first-order chi connectivity index (χ1) is 9.38. The molecule has 6 nitrogen and oxygen atoms in total. The molecular formula is C13H11NO5S. The molecule has 0 aromatic heterocycles. The minimum atomic E-state index is -4.42. The van der Waals surface area contributed by atoms with Crippen LogP contribution in [0.5, 0.6) is 0 Å². The number of non-ortho nitro benzene ring substituents is 1. The molecule has 0 aliphatic heterocycles. The Balaban J connectivity index is 2.53. The van der Waals surface area contributed by atoms with Crippen molar-refractivity contribution < 1.29 is 17.9 Å². The van der Waals surface area contributed by atoms with Crippen molar-refractivity contribution in [1.29, 1.82) is 0 Å². The molecule has 0 fully saturated rings. The third-order valence-corrected chi connectivity index (χ3v) is 3.72. The van der Waals surface area contributed by atoms with Crippen molar-refractivity contribution in [3.8, 4) is 0 Å². The molecule has 1 N–H and O–H groups in total. The lowest BCUT2D eigenvalue weighted by Gasteiger charge is -2.07. The van der Waals surface area contributed by atoms with E-state index in [1.807, 2.05) is 0 Å². The average Bonchev–Trinajstić information content (AvgIpc) is 2.38. The van der Waals surface area contributed by atoms with Gasteiger partial charge < -0.3 is 0 Å². The highest BCUT2D eigenvalue weighted by Gasteiger charge is 2.19. The van der Waals surface area contributed by atoms with Crippen molar-refractivity contribution in [2.75, 3.05) is 0 Å². The molecule has 0 saturated carbocycles. The highest BCUT2D eigenvalue weighted by Crippen LogP contribution is 2.24. The van der Waals surface area contributed by atoms with E-state index >= 15 is 0 Å². The molecule has 0 atom stereocenters. The van der Waals surface area contributed by atoms with Crippen molar-refractivity contribution in [3.05, 3.63) is 69.8 Å². The molecule has 20 heavy (non-hydrogen) atoms. The van der Waals surface area contributed by atoms with Crippen LogP contribution in [0.1, 0.15) is 11.1 Å². The Bertz CT molecular complexity index is 741. The summed E-state index contributed by atoms with van der Waals surface area (Å²) in [5.41, 5.74) is 0.758. The van der Waals surface area contributed by atoms with Gasteiger partial charge in [-0.3, -0.25) is 14.7 Å². The van der Waals surface area contributed by atoms with Gasteiger partial charge >= 0.3 is 0 Å². The summed E-state index contributed by atoms with van der Waals surface area (Å²) >= 11 is 0. The van der Waals surface area contributed by atoms with Crippen LogP contribution in [0.4, 0.5) is 5.69 Å². The molecule has 0 amide bonds. The van der Waals surface area contributed by atoms with Crippen molar-refractivity contribution in [3.63, 3.8) is 0 Å². The maximum absolute atomic E-state index is 11.3. The third kappa shape index (κ3) is 3.19. The zero-order chi connectivity index (χ0) is 14.8. The predicted molar refractivity (Wildman–Crippen MR) is 72.2 cm³/mol. The SMILES string of the molecule is O=[N+]([O-])c1ccc(S(=O)(=O)O)c(Cc2ccccc2)c1. The van der Waals surface area contributed by atoms with E-state index in [2.05, 4.69) is 0 Å². The number of nitro benzene ring substituents is 1. The lowest BCUT2D eigenvalue weighted by molar-refractivity contribution is -0.385. The summed E-state index contributed by atoms with van der Waals surface area (Å²) in [6, 6.07) is 12.2. The number of benzene rings is 2. The number of rotatable bonds is 4. The van der Waals surface area contributed by atoms with Gasteiger partial charge in [-0.1, -0.05) is 30.3 Å². The molecule has 0 aliphatic carbocycles. The van der Waals surface area contributed by atoms with Crippen molar-refractivity contribution in [1.82, 2.24) is 0 Å². The molecule has 0 heterocycles. The smallest absolute Gasteiger partial charge is 0.282 e. The minimum absolute atomic E-state index is 0.178. The van der Waals surface area contributed by atoms with Crippen molar-refractivity contribution in [2.45, 2.75) is 11.3 Å². The van der Waals surface area contributed by atoms with Crippen LogP contribution in [0.3, 0.4) is 0 Å². The molecule has 0 saturated heterocycles. The fraction of sp³-hybridized carbons (Fsp3) is 0.0769. The Morgan fingerprint density at radius 1 is 1.10 bits per heavy atom. The Morgan fingerprint density at radius 2 is 1.75 bits per heavy atom. The number of nitrogens with zero attached hydrogens (tertiary/aromatic N) is 1. The Kier molecular flexibility index (Phi) is 3.82. The van der Waals surface area contributed by atoms with Crippen LogP contribution in [0.15, 0.2) is 53.4 Å². The fourth-order valence-corrected chi connectivity index (χ4v) is 2.59. The lowest BCUT2D eigenvalue weighted by Crippen LogP contribution is -2.05. The molecular weight excluding hydrogens is 282 g/mol. The maximum atomic E-state index is 11.3. The Morgan fingerprint density at radius 3 is 2.30 bits per heavy atom. The first-order valence-electron chi connectivity index (χ1n) is 5.66. The quantitative estimate of drug-likeness (QED) is 0.530. The number of nitro groups is 1. The van der Waals surface area contributed by atoms with Gasteiger partial charge in [-0.2, -0.15) is 8.42 Å². The molecule has 0 unspecified atom stereocenters. The topological polar surface area (TPSA) is 97.5 Å². The summed E-state index contributed by atoms with van der Waals surface area (Å²) in [7, 11) is -4.42. The summed E-state index contributed by atoms with van der Waals surface area (Å²) in [6.07, 6.45) is 0.178. The van der Waals surface area contributed by atoms with Gasteiger partial charge in [0.05, 0.1) is 9.82 Å². The van der Waals surface area contributed by atoms with Gasteiger partial charge in [-0.15, -0.1) is 0 Å². The Hall–Kier alpha value is -2.25. The van der Waals surface area contributed by atoms with E-state index in [4.69, 9.17) is 0 Å². The second-order valence-electron chi connectivity index (χ2n) is 4.19. The zero-order valence-electron chi connectivity index (χ0n) is 10.3. The summed E-state index contributed by atoms with van der Waals surface area (Å²) < 4.78 is 31.8. The first kappa shape index (κ1) is 14.2. The van der Waals surface area contributed by atoms with E-state index in [-0.39, 0.29) is 22.6 Å². The number of hydrogen-bond donors (Lipinski definition) is 1. The summed E-state index contributed by atoms with van der Waals surface area (Å²) in [6.45, 7) is 0. The van der Waals surface area contributed by atoms with E-state index in [1.165, 1.54) is 0 Å². The molecule has 2 aromatic carbocycles. The maximum Gasteiger partial charge on any atom is 0.294 e. The van der Waals surface area contributed by atoms with Crippen LogP contribution >= 0.6 is 0 Å². The zero-order valence-corrected chi connectivity index (χ0v) is 11.1. The van der Waals surface area contributed by atoms with Gasteiger partial charge in [-0.05, 0) is 23.6 Å². The minimum Gasteiger partial charge on any atom is -0.282 e. The standard InChI is InChI=1S/C13H11NO5S/c15-14(16)12-6-7-13(20(17,18)19)11(9-12)8-10-4-2-1-3-5-10/h1-7,9H,8H2,(H,17,18,19). The van der Waals surface area contributed by atoms with E-state index in [0.29, 0.717) is 0 Å². The molecule has 2 rings (SSSR count). The largest absolute Gasteiger partial charge is 0.294 e. The number of hydrogen-bond acceptors (Lipinski definition) is 4. The van der Waals surface area contributed by atoms with Crippen LogP contribution in [0.25, 0.3) is 0 Å². The van der Waals surface area contributed by atoms with E-state index in [1.54, 1.807) is 30.3 Å². The van der Waals surface area contributed by atoms with Crippen LogP contribution in [0.2, 0.25) is 0 Å². The van der Waals surface area contributed by atoms with Gasteiger partial charge in [0.1, 0.15) is 0 Å². The van der Waals surface area contributed by atoms with Crippen molar-refractivity contribution >= 4 is 15.8 Å². The van der Waals surface area contributed by atoms with Crippen LogP contribution in [0, 0.1) is 10.1 Å². The molecule has 0 radical (unpaired) electrons. The molecule has 0 bridgehead atoms. The monoisotopic (exact) mass is 293 g/mol. The van der Waals surface area contributed by atoms with Crippen LogP contribution < -0.4 is 0 Å². The fourth-order valence-electron chi connectivity index (χ4n) is 1.88. The highest BCUT2D eigenvalue weighted by molar-refractivity contribution is 7.85. The van der Waals surface area contributed by atoms with E-state index < -0.39 is 15.0 Å². The second kappa shape index (κ2) is 5.40. The first-order valence-corrected chi connectivity index (χ1v) is 7.10. The van der Waals surface area contributed by atoms with Gasteiger partial charge in [0, 0.05) is 12.1 Å². The van der Waals surface area contributed by atoms with Crippen LogP contribution in [-0.2, 0) is 16.5 Å². The molecule has 104 valence electrons. The summed E-state index contributed by atoms with van der Waals surface area (Å²) in [5.74, 6) is 0. The summed E-state index contributed by atoms with van der Waals surface area (Å²) in [5, 5.41) is 10.8. The molecule has 7 heteroatoms. The third-order valence-electron chi connectivity index (χ3n) is 2.77. The van der Waals surface area contributed by atoms with Gasteiger partial charge in [-0.25, -0.2) is 0 Å². The predicted octanol–water partition coefficient (Wildman–Crippen LogP) is 2.43. The van der Waals surface area contributed by atoms with Gasteiger partial charge in [0.25, 0.3) is 15.8 Å². The van der Waals surface area contributed by atoms with Gasteiger partial charge in [0.15, 0.2) is 0 Å². The molecule has 0 spiro atoms. The Labute approximate surface area is 115 Å². The lowest BCUT2D eigenvalue weighted by atomic mass is 10.0. The molecule has 2 aromatic rings. The van der Waals surface area contributed by atoms with E-state index in [0.717, 1.165) is 23.8 Å². The second-order valence-corrected chi connectivity index (χ2v) is 5.58. The normalized spacial score (nSPS) is 11.2. The van der Waals surface area contributed by atoms with E-state index in [9.17, 15) is 23.1 Å². The summed E-state index contributed by atoms with van der Waals surface area (Å²) in [4.78, 5) is 9.84. The van der Waals surface area contributed by atoms with Crippen molar-refractivity contribution in [2.24, 2.45) is 0 Å². The van der Waals surface area contributed by atoms with Crippen LogP contribution in [-0.4, -0.2) is 17.9 Å².